The van der Waals surface area contributed by atoms with Crippen LogP contribution in [0.15, 0.2) is 60.9 Å². The Labute approximate surface area is 176 Å². The van der Waals surface area contributed by atoms with Crippen molar-refractivity contribution < 1.29 is 4.74 Å². The summed E-state index contributed by atoms with van der Waals surface area (Å²) in [6, 6.07) is 16.7. The average Bonchev–Trinajstić information content (AvgIpc) is 3.35. The van der Waals surface area contributed by atoms with E-state index in [2.05, 4.69) is 40.5 Å². The monoisotopic (exact) mass is 400 g/mol. The van der Waals surface area contributed by atoms with Crippen LogP contribution >= 0.6 is 0 Å². The van der Waals surface area contributed by atoms with Crippen LogP contribution in [0.1, 0.15) is 41.3 Å². The van der Waals surface area contributed by atoms with E-state index in [4.69, 9.17) is 10.5 Å². The van der Waals surface area contributed by atoms with Gasteiger partial charge in [0.2, 0.25) is 0 Å². The van der Waals surface area contributed by atoms with Crippen LogP contribution in [0, 0.1) is 5.92 Å². The van der Waals surface area contributed by atoms with E-state index in [1.54, 1.807) is 0 Å². The highest BCUT2D eigenvalue weighted by Gasteiger charge is 2.28. The molecule has 30 heavy (non-hydrogen) atoms. The lowest BCUT2D eigenvalue weighted by Gasteiger charge is -2.27. The minimum Gasteiger partial charge on any atom is -0.489 e. The number of nitrogens with two attached hydrogens (primary N) is 1. The normalized spacial score (nSPS) is 18.5. The van der Waals surface area contributed by atoms with Crippen LogP contribution < -0.4 is 10.5 Å². The fourth-order valence-corrected chi connectivity index (χ4v) is 4.66. The fraction of sp³-hybridized carbons (Fsp3) is 0.320. The van der Waals surface area contributed by atoms with Crippen LogP contribution in [0.2, 0.25) is 0 Å². The third kappa shape index (κ3) is 3.85. The summed E-state index contributed by atoms with van der Waals surface area (Å²) < 4.78 is 7.94. The number of nitrogens with one attached hydrogen (secondary N) is 1. The molecule has 0 fully saturated rings. The number of rotatable bonds is 6. The van der Waals surface area contributed by atoms with Crippen molar-refractivity contribution in [1.82, 2.24) is 14.8 Å². The standard InChI is InChI=1S/C25H28N4O/c1-29-15-19(14-27-29)8-7-18-11-22-21-13-20(30-16-17-5-3-2-4-6-17)9-10-24(21)28-25(22)23(26)12-18/h2-6,9-10,13-15,18,23,28H,7-8,11-12,16,26H2,1H3. The summed E-state index contributed by atoms with van der Waals surface area (Å²) in [6.07, 6.45) is 8.35. The molecule has 0 aliphatic heterocycles. The number of ether oxygens (including phenoxy) is 1. The van der Waals surface area contributed by atoms with Gasteiger partial charge in [-0.3, -0.25) is 4.68 Å². The van der Waals surface area contributed by atoms with Gasteiger partial charge in [-0.1, -0.05) is 30.3 Å². The van der Waals surface area contributed by atoms with Crippen molar-refractivity contribution in [3.63, 3.8) is 0 Å². The Morgan fingerprint density at radius 3 is 2.83 bits per heavy atom. The van der Waals surface area contributed by atoms with Crippen molar-refractivity contribution >= 4 is 10.9 Å². The lowest BCUT2D eigenvalue weighted by atomic mass is 9.81. The van der Waals surface area contributed by atoms with E-state index in [1.807, 2.05) is 42.2 Å². The van der Waals surface area contributed by atoms with E-state index in [0.717, 1.165) is 36.9 Å². The Kier molecular flexibility index (Phi) is 5.05. The molecule has 2 atom stereocenters. The number of benzene rings is 2. The molecule has 5 heteroatoms. The highest BCUT2D eigenvalue weighted by Crippen LogP contribution is 2.39. The summed E-state index contributed by atoms with van der Waals surface area (Å²) in [5.41, 5.74) is 12.7. The molecule has 1 aliphatic rings. The molecule has 2 aromatic carbocycles. The minimum absolute atomic E-state index is 0.0636. The molecular weight excluding hydrogens is 372 g/mol. The maximum atomic E-state index is 6.57. The van der Waals surface area contributed by atoms with Crippen molar-refractivity contribution in [3.8, 4) is 5.75 Å². The van der Waals surface area contributed by atoms with Crippen molar-refractivity contribution in [2.75, 3.05) is 0 Å². The van der Waals surface area contributed by atoms with Crippen LogP contribution in [-0.2, 0) is 26.5 Å². The van der Waals surface area contributed by atoms with Gasteiger partial charge in [-0.25, -0.2) is 0 Å². The first-order valence-electron chi connectivity index (χ1n) is 10.7. The van der Waals surface area contributed by atoms with Gasteiger partial charge in [0.25, 0.3) is 0 Å². The largest absolute Gasteiger partial charge is 0.489 e. The summed E-state index contributed by atoms with van der Waals surface area (Å²) in [5.74, 6) is 1.49. The maximum Gasteiger partial charge on any atom is 0.120 e. The highest BCUT2D eigenvalue weighted by molar-refractivity contribution is 5.86. The van der Waals surface area contributed by atoms with Crippen LogP contribution in [0.3, 0.4) is 0 Å². The average molecular weight is 401 g/mol. The molecule has 0 saturated heterocycles. The zero-order valence-corrected chi connectivity index (χ0v) is 17.3. The van der Waals surface area contributed by atoms with Crippen molar-refractivity contribution in [1.29, 1.82) is 0 Å². The zero-order valence-electron chi connectivity index (χ0n) is 17.3. The van der Waals surface area contributed by atoms with E-state index in [1.165, 1.54) is 27.8 Å². The summed E-state index contributed by atoms with van der Waals surface area (Å²) >= 11 is 0. The molecule has 2 aromatic heterocycles. The van der Waals surface area contributed by atoms with Crippen LogP contribution in [0.25, 0.3) is 10.9 Å². The maximum absolute atomic E-state index is 6.57. The van der Waals surface area contributed by atoms with Gasteiger partial charge in [-0.2, -0.15) is 5.10 Å². The number of hydrogen-bond acceptors (Lipinski definition) is 3. The molecule has 1 aliphatic carbocycles. The lowest BCUT2D eigenvalue weighted by Crippen LogP contribution is -2.24. The van der Waals surface area contributed by atoms with E-state index < -0.39 is 0 Å². The third-order valence-corrected chi connectivity index (χ3v) is 6.21. The number of H-pyrrole nitrogens is 1. The van der Waals surface area contributed by atoms with Gasteiger partial charge in [-0.05, 0) is 66.5 Å². The summed E-state index contributed by atoms with van der Waals surface area (Å²) in [7, 11) is 1.97. The molecule has 4 aromatic rings. The van der Waals surface area contributed by atoms with Gasteiger partial charge in [0.05, 0.1) is 6.20 Å². The Morgan fingerprint density at radius 1 is 1.17 bits per heavy atom. The zero-order chi connectivity index (χ0) is 20.5. The molecule has 0 saturated carbocycles. The number of aromatic amines is 1. The molecule has 3 N–H and O–H groups in total. The van der Waals surface area contributed by atoms with Gasteiger partial charge in [0, 0.05) is 35.9 Å². The second-order valence-electron chi connectivity index (χ2n) is 8.47. The molecule has 0 radical (unpaired) electrons. The third-order valence-electron chi connectivity index (χ3n) is 6.21. The van der Waals surface area contributed by atoms with Gasteiger partial charge >= 0.3 is 0 Å². The molecular formula is C25H28N4O. The Hall–Kier alpha value is -3.05. The highest BCUT2D eigenvalue weighted by atomic mass is 16.5. The van der Waals surface area contributed by atoms with Gasteiger partial charge in [0.1, 0.15) is 12.4 Å². The number of aromatic nitrogens is 3. The minimum atomic E-state index is 0.0636. The Bertz CT molecular complexity index is 1140. The molecule has 2 heterocycles. The van der Waals surface area contributed by atoms with E-state index in [-0.39, 0.29) is 6.04 Å². The molecule has 0 amide bonds. The van der Waals surface area contributed by atoms with Crippen molar-refractivity contribution in [2.24, 2.45) is 18.7 Å². The van der Waals surface area contributed by atoms with E-state index in [0.29, 0.717) is 12.5 Å². The van der Waals surface area contributed by atoms with Crippen LogP contribution in [0.5, 0.6) is 5.75 Å². The SMILES string of the molecule is Cn1cc(CCC2Cc3c([nH]c4ccc(OCc5ccccc5)cc34)C(N)C2)cn1. The van der Waals surface area contributed by atoms with Crippen LogP contribution in [0.4, 0.5) is 0 Å². The number of nitrogens with zero attached hydrogens (tertiary/aromatic N) is 2. The fourth-order valence-electron chi connectivity index (χ4n) is 4.66. The van der Waals surface area contributed by atoms with Gasteiger partial charge < -0.3 is 15.5 Å². The second-order valence-corrected chi connectivity index (χ2v) is 8.47. The predicted molar refractivity (Wildman–Crippen MR) is 119 cm³/mol. The smallest absolute Gasteiger partial charge is 0.120 e. The molecule has 0 spiro atoms. The number of aryl methyl sites for hydroxylation is 2. The Balaban J connectivity index is 1.34. The van der Waals surface area contributed by atoms with Gasteiger partial charge in [-0.15, -0.1) is 0 Å². The molecule has 2 unspecified atom stereocenters. The molecule has 0 bridgehead atoms. The first-order valence-corrected chi connectivity index (χ1v) is 10.7. The number of fused-ring (bicyclic) bond motifs is 3. The number of hydrogen-bond donors (Lipinski definition) is 2. The second kappa shape index (κ2) is 8.00. The molecule has 5 rings (SSSR count). The molecule has 154 valence electrons. The topological polar surface area (TPSA) is 68.9 Å². The first-order chi connectivity index (χ1) is 14.7. The predicted octanol–water partition coefficient (Wildman–Crippen LogP) is 4.68. The Morgan fingerprint density at radius 2 is 2.03 bits per heavy atom. The lowest BCUT2D eigenvalue weighted by molar-refractivity contribution is 0.306. The molecule has 5 nitrogen and oxygen atoms in total. The van der Waals surface area contributed by atoms with E-state index >= 15 is 0 Å². The summed E-state index contributed by atoms with van der Waals surface area (Å²) in [6.45, 7) is 0.576. The summed E-state index contributed by atoms with van der Waals surface area (Å²) in [5, 5.41) is 5.53. The summed E-state index contributed by atoms with van der Waals surface area (Å²) in [4.78, 5) is 3.57. The first kappa shape index (κ1) is 18.9. The van der Waals surface area contributed by atoms with Crippen molar-refractivity contribution in [3.05, 3.63) is 83.3 Å². The van der Waals surface area contributed by atoms with Crippen molar-refractivity contribution in [2.45, 2.75) is 38.3 Å². The van der Waals surface area contributed by atoms with E-state index in [9.17, 15) is 0 Å². The van der Waals surface area contributed by atoms with Crippen LogP contribution in [-0.4, -0.2) is 14.8 Å². The van der Waals surface area contributed by atoms with Gasteiger partial charge in [0.15, 0.2) is 0 Å². The quantitative estimate of drug-likeness (QED) is 0.494.